The topological polar surface area (TPSA) is 111 Å². The number of nitrogens with zero attached hydrogens (tertiary/aromatic N) is 5. The van der Waals surface area contributed by atoms with E-state index in [-0.39, 0.29) is 11.7 Å². The van der Waals surface area contributed by atoms with Gasteiger partial charge in [0.05, 0.1) is 39.7 Å². The van der Waals surface area contributed by atoms with Crippen LogP contribution in [0.15, 0.2) is 109 Å². The fraction of sp³-hybridized carbons (Fsp3) is 0.0938. The van der Waals surface area contributed by atoms with E-state index in [1.54, 1.807) is 0 Å². The summed E-state index contributed by atoms with van der Waals surface area (Å²) in [5.74, 6) is -0.553. The number of amides is 1. The molecule has 42 heavy (non-hydrogen) atoms. The number of halogens is 2. The molecule has 0 saturated heterocycles. The summed E-state index contributed by atoms with van der Waals surface area (Å²) >= 11 is 12.2. The van der Waals surface area contributed by atoms with Crippen LogP contribution in [0.1, 0.15) is 24.3 Å². The standard InChI is InChI=1S/C27H22Cl2N4.C5H5N3O/c1-17(2)30-24-16-27-25(15-23(24)31-20-11-7-18(28)8-12-20)32-22-5-3-4-6-26(22)33(27)21-13-9-19(29)10-14-21;6-5(9)4-3-7-1-2-8-4/h3-17,31H,1-2H3;1-3H,(H2,6,9)/b30-24+;. The van der Waals surface area contributed by atoms with E-state index in [4.69, 9.17) is 38.9 Å². The van der Waals surface area contributed by atoms with E-state index in [1.165, 1.54) is 18.6 Å². The summed E-state index contributed by atoms with van der Waals surface area (Å²) < 4.78 is 2.21. The van der Waals surface area contributed by atoms with Crippen LogP contribution in [-0.2, 0) is 0 Å². The van der Waals surface area contributed by atoms with Gasteiger partial charge in [-0.3, -0.25) is 14.8 Å². The predicted octanol–water partition coefficient (Wildman–Crippen LogP) is 7.07. The van der Waals surface area contributed by atoms with Gasteiger partial charge in [0.2, 0.25) is 0 Å². The Balaban J connectivity index is 0.000000336. The van der Waals surface area contributed by atoms with Crippen LogP contribution in [0.3, 0.4) is 0 Å². The Morgan fingerprint density at radius 1 is 0.929 bits per heavy atom. The average Bonchev–Trinajstić information content (AvgIpc) is 2.99. The number of benzene rings is 4. The van der Waals surface area contributed by atoms with Gasteiger partial charge in [-0.25, -0.2) is 9.97 Å². The van der Waals surface area contributed by atoms with Crippen LogP contribution in [0.2, 0.25) is 10.0 Å². The zero-order valence-electron chi connectivity index (χ0n) is 22.9. The van der Waals surface area contributed by atoms with Crippen LogP contribution >= 0.6 is 23.2 Å². The molecule has 1 aliphatic carbocycles. The molecule has 3 N–H and O–H groups in total. The second kappa shape index (κ2) is 12.8. The molecule has 4 aromatic rings. The Kier molecular flexibility index (Phi) is 8.76. The fourth-order valence-corrected chi connectivity index (χ4v) is 4.56. The molecule has 0 radical (unpaired) electrons. The molecule has 210 valence electrons. The molecule has 0 saturated carbocycles. The SMILES string of the molecule is CC(C)/N=c1\cc2n(-c3ccc(Cl)cc3)c3ccccc3nc-2cc1Nc1ccc(Cl)cc1.NC(=O)c1cnccn1. The Morgan fingerprint density at radius 2 is 1.62 bits per heavy atom. The smallest absolute Gasteiger partial charge is 0.268 e. The predicted molar refractivity (Wildman–Crippen MR) is 169 cm³/mol. The van der Waals surface area contributed by atoms with Gasteiger partial charge in [0.25, 0.3) is 5.91 Å². The second-order valence-corrected chi connectivity index (χ2v) is 10.5. The Morgan fingerprint density at radius 3 is 2.24 bits per heavy atom. The van der Waals surface area contributed by atoms with Gasteiger partial charge in [0.1, 0.15) is 5.69 Å². The van der Waals surface area contributed by atoms with Crippen LogP contribution in [-0.4, -0.2) is 31.5 Å². The number of carbonyl (C=O) groups is 1. The summed E-state index contributed by atoms with van der Waals surface area (Å²) in [6.07, 6.45) is 4.22. The summed E-state index contributed by atoms with van der Waals surface area (Å²) in [7, 11) is 0. The quantitative estimate of drug-likeness (QED) is 0.207. The normalized spacial score (nSPS) is 11.4. The number of anilines is 2. The Bertz CT molecular complexity index is 1870. The third kappa shape index (κ3) is 6.74. The minimum Gasteiger partial charge on any atom is -0.364 e. The molecule has 8 nitrogen and oxygen atoms in total. The molecular formula is C32H27Cl2N7O. The van der Waals surface area contributed by atoms with Crippen LogP contribution in [0.5, 0.6) is 0 Å². The van der Waals surface area contributed by atoms with Crippen molar-refractivity contribution in [2.24, 2.45) is 10.7 Å². The summed E-state index contributed by atoms with van der Waals surface area (Å²) in [4.78, 5) is 27.5. The number of carbonyl (C=O) groups excluding carboxylic acids is 1. The van der Waals surface area contributed by atoms with E-state index >= 15 is 0 Å². The number of nitrogens with two attached hydrogens (primary N) is 1. The highest BCUT2D eigenvalue weighted by Crippen LogP contribution is 2.31. The molecule has 10 heteroatoms. The van der Waals surface area contributed by atoms with E-state index in [0.29, 0.717) is 10.0 Å². The van der Waals surface area contributed by atoms with Gasteiger partial charge in [-0.15, -0.1) is 0 Å². The summed E-state index contributed by atoms with van der Waals surface area (Å²) in [5.41, 5.74) is 11.7. The minimum absolute atomic E-state index is 0.130. The highest BCUT2D eigenvalue weighted by atomic mass is 35.5. The number of nitrogens with one attached hydrogen (secondary N) is 1. The number of hydrogen-bond acceptors (Lipinski definition) is 6. The van der Waals surface area contributed by atoms with Crippen molar-refractivity contribution < 1.29 is 4.79 Å². The molecule has 1 aliphatic heterocycles. The van der Waals surface area contributed by atoms with E-state index in [2.05, 4.69) is 51.9 Å². The number of hydrogen-bond donors (Lipinski definition) is 2. The molecule has 0 atom stereocenters. The van der Waals surface area contributed by atoms with Crippen molar-refractivity contribution in [3.63, 3.8) is 0 Å². The van der Waals surface area contributed by atoms with Gasteiger partial charge in [0.15, 0.2) is 0 Å². The fourth-order valence-electron chi connectivity index (χ4n) is 4.31. The van der Waals surface area contributed by atoms with Crippen molar-refractivity contribution in [3.05, 3.63) is 125 Å². The Hall–Kier alpha value is -4.79. The highest BCUT2D eigenvalue weighted by Gasteiger charge is 2.16. The molecule has 1 amide bonds. The Labute approximate surface area is 252 Å². The zero-order valence-corrected chi connectivity index (χ0v) is 24.4. The molecule has 2 aliphatic rings. The van der Waals surface area contributed by atoms with Crippen LogP contribution in [0.4, 0.5) is 11.4 Å². The molecule has 1 aromatic heterocycles. The van der Waals surface area contributed by atoms with Crippen LogP contribution in [0.25, 0.3) is 28.1 Å². The van der Waals surface area contributed by atoms with Gasteiger partial charge in [0, 0.05) is 39.9 Å². The highest BCUT2D eigenvalue weighted by molar-refractivity contribution is 6.30. The molecule has 0 fully saturated rings. The van der Waals surface area contributed by atoms with Gasteiger partial charge in [-0.05, 0) is 86.6 Å². The zero-order chi connectivity index (χ0) is 29.6. The lowest BCUT2D eigenvalue weighted by Crippen LogP contribution is -2.16. The van der Waals surface area contributed by atoms with Gasteiger partial charge in [-0.2, -0.15) is 0 Å². The van der Waals surface area contributed by atoms with Crippen LogP contribution < -0.4 is 16.4 Å². The molecule has 6 rings (SSSR count). The lowest BCUT2D eigenvalue weighted by Gasteiger charge is -2.20. The largest absolute Gasteiger partial charge is 0.364 e. The molecular weight excluding hydrogens is 569 g/mol. The number of aromatic nitrogens is 4. The average molecular weight is 597 g/mol. The van der Waals surface area contributed by atoms with Gasteiger partial charge in [-0.1, -0.05) is 35.3 Å². The lowest BCUT2D eigenvalue weighted by molar-refractivity contribution is 0.0995. The molecule has 0 bridgehead atoms. The third-order valence-corrected chi connectivity index (χ3v) is 6.62. The van der Waals surface area contributed by atoms with Gasteiger partial charge >= 0.3 is 0 Å². The lowest BCUT2D eigenvalue weighted by atomic mass is 10.1. The van der Waals surface area contributed by atoms with Crippen molar-refractivity contribution in [2.45, 2.75) is 19.9 Å². The van der Waals surface area contributed by atoms with Crippen LogP contribution in [0, 0.1) is 0 Å². The number of para-hydroxylation sites is 2. The number of primary amides is 1. The monoisotopic (exact) mass is 595 g/mol. The first-order valence-corrected chi connectivity index (χ1v) is 13.9. The molecule has 0 unspecified atom stereocenters. The first-order valence-electron chi connectivity index (χ1n) is 13.1. The summed E-state index contributed by atoms with van der Waals surface area (Å²) in [6, 6.07) is 27.9. The second-order valence-electron chi connectivity index (χ2n) is 9.58. The summed E-state index contributed by atoms with van der Waals surface area (Å²) in [6.45, 7) is 4.14. The number of rotatable bonds is 5. The maximum absolute atomic E-state index is 10.3. The maximum Gasteiger partial charge on any atom is 0.268 e. The van der Waals surface area contributed by atoms with E-state index in [1.807, 2.05) is 66.7 Å². The summed E-state index contributed by atoms with van der Waals surface area (Å²) in [5, 5.41) is 5.76. The number of fused-ring (bicyclic) bond motifs is 2. The van der Waals surface area contributed by atoms with Crippen molar-refractivity contribution in [2.75, 3.05) is 5.32 Å². The molecule has 3 aromatic carbocycles. The molecule has 0 spiro atoms. The van der Waals surface area contributed by atoms with E-state index in [0.717, 1.165) is 44.8 Å². The van der Waals surface area contributed by atoms with E-state index in [9.17, 15) is 4.79 Å². The van der Waals surface area contributed by atoms with Crippen molar-refractivity contribution in [1.82, 2.24) is 19.5 Å². The molecule has 2 heterocycles. The minimum atomic E-state index is -0.553. The first kappa shape index (κ1) is 28.7. The van der Waals surface area contributed by atoms with Crippen molar-refractivity contribution >= 4 is 51.5 Å². The maximum atomic E-state index is 10.3. The third-order valence-electron chi connectivity index (χ3n) is 6.12. The van der Waals surface area contributed by atoms with E-state index < -0.39 is 5.91 Å². The van der Waals surface area contributed by atoms with Gasteiger partial charge < -0.3 is 15.6 Å². The first-order chi connectivity index (χ1) is 20.3. The van der Waals surface area contributed by atoms with Crippen molar-refractivity contribution in [1.29, 1.82) is 0 Å². The van der Waals surface area contributed by atoms with Crippen molar-refractivity contribution in [3.8, 4) is 17.1 Å².